The van der Waals surface area contributed by atoms with E-state index in [1.165, 1.54) is 32.2 Å². The van der Waals surface area contributed by atoms with E-state index in [0.717, 1.165) is 5.56 Å². The Morgan fingerprint density at radius 1 is 0.903 bits per heavy atom. The number of rotatable bonds is 20. The average Bonchev–Trinajstić information content (AvgIpc) is 3.37. The molecule has 21 heteroatoms. The first-order valence-corrected chi connectivity index (χ1v) is 23.3. The van der Waals surface area contributed by atoms with Crippen LogP contribution in [0.15, 0.2) is 72.8 Å². The second kappa shape index (κ2) is 22.9. The van der Waals surface area contributed by atoms with Crippen LogP contribution in [-0.4, -0.2) is 130 Å². The number of hydrogen-bond donors (Lipinski definition) is 10. The molecule has 4 aromatic carbocycles. The van der Waals surface area contributed by atoms with Crippen LogP contribution in [0.2, 0.25) is 0 Å². The largest absolute Gasteiger partial charge is 0.507 e. The number of ether oxygens (including phenoxy) is 4. The van der Waals surface area contributed by atoms with Crippen molar-refractivity contribution < 1.29 is 78.0 Å². The van der Waals surface area contributed by atoms with E-state index < -0.39 is 126 Å². The Morgan fingerprint density at radius 3 is 2.31 bits per heavy atom. The average molecular weight is 996 g/mol. The molecule has 7 rings (SSSR count). The number of ketones is 3. The highest BCUT2D eigenvalue weighted by Gasteiger charge is 2.50. The fourth-order valence-electron chi connectivity index (χ4n) is 9.31. The number of benzene rings is 4. The zero-order valence-electron chi connectivity index (χ0n) is 39.4. The minimum Gasteiger partial charge on any atom is -0.507 e. The lowest BCUT2D eigenvalue weighted by molar-refractivity contribution is -0.249. The van der Waals surface area contributed by atoms with E-state index in [9.17, 15) is 59.1 Å². The molecule has 1 heterocycles. The van der Waals surface area contributed by atoms with E-state index in [-0.39, 0.29) is 53.9 Å². The standard InChI is InChI=1S/C51H57N5O16/c1-26-43(60)33(56-50(67)70-24-28-14-16-29(17-15-28)54-48(65)32(12-6-7-18-52)55-49(66)34(53-25-58)19-27-9-4-3-5-10-27)20-38(71-26)72-36-22-51(68,37(59)23-57)21-31-40(36)47(64)42-41(45(31)62)44(61)30-11-8-13-35(69-2)39(30)46(42)63/h3-5,8-11,13-17,25-26,32-34,36,38,43,57,60,62,64,68H,6-7,12,18-24,52H2,1-2H3,(H,53,58)(H,54,65)(H,55,66)(H,56,67)/t26?,32-,33?,34-,36-,38?,43?,51-/m0/s1. The number of alkyl carbamates (subject to hydrolysis) is 1. The monoisotopic (exact) mass is 995 g/mol. The highest BCUT2D eigenvalue weighted by atomic mass is 16.7. The van der Waals surface area contributed by atoms with E-state index in [2.05, 4.69) is 21.3 Å². The molecule has 382 valence electrons. The van der Waals surface area contributed by atoms with Crippen molar-refractivity contribution in [2.75, 3.05) is 25.6 Å². The van der Waals surface area contributed by atoms with Crippen LogP contribution in [0.4, 0.5) is 10.5 Å². The number of aliphatic hydroxyl groups excluding tert-OH is 2. The summed E-state index contributed by atoms with van der Waals surface area (Å²) in [4.78, 5) is 92.3. The first-order chi connectivity index (χ1) is 34.5. The predicted molar refractivity (Wildman–Crippen MR) is 254 cm³/mol. The Kier molecular flexibility index (Phi) is 16.7. The lowest BCUT2D eigenvalue weighted by atomic mass is 9.72. The zero-order valence-corrected chi connectivity index (χ0v) is 39.4. The Hall–Kier alpha value is -7.27. The first-order valence-electron chi connectivity index (χ1n) is 23.3. The van der Waals surface area contributed by atoms with E-state index >= 15 is 0 Å². The predicted octanol–water partition coefficient (Wildman–Crippen LogP) is 1.88. The quantitative estimate of drug-likeness (QED) is 0.0302. The van der Waals surface area contributed by atoms with Gasteiger partial charge in [0.2, 0.25) is 24.0 Å². The third-order valence-electron chi connectivity index (χ3n) is 13.1. The van der Waals surface area contributed by atoms with Crippen molar-refractivity contribution in [3.63, 3.8) is 0 Å². The highest BCUT2D eigenvalue weighted by Crippen LogP contribution is 2.52. The summed E-state index contributed by atoms with van der Waals surface area (Å²) in [5.74, 6) is -5.32. The summed E-state index contributed by atoms with van der Waals surface area (Å²) >= 11 is 0. The SMILES string of the molecule is COc1cccc2c1C(=O)c1c(O)c3c(c(O)c1C2=O)C[C@@](O)(C(=O)CO)C[C@@H]3OC1CC(NC(=O)OCc2ccc(NC(=O)[C@H](CCCCN)NC(=O)[C@H](Cc3ccccc3)NC=O)cc2)C(O)C(C)O1. The van der Waals surface area contributed by atoms with Crippen LogP contribution >= 0.6 is 0 Å². The fourth-order valence-corrected chi connectivity index (χ4v) is 9.31. The molecule has 0 saturated carbocycles. The molecule has 4 amide bonds. The van der Waals surface area contributed by atoms with Crippen LogP contribution in [0.1, 0.15) is 99.2 Å². The topological polar surface area (TPSA) is 332 Å². The van der Waals surface area contributed by atoms with Crippen molar-refractivity contribution in [2.24, 2.45) is 5.73 Å². The number of Topliss-reactive ketones (excluding diaryl/α,β-unsaturated/α-hetero) is 1. The molecule has 0 aromatic heterocycles. The van der Waals surface area contributed by atoms with E-state index in [1.54, 1.807) is 24.3 Å². The van der Waals surface area contributed by atoms with Gasteiger partial charge < -0.3 is 71.5 Å². The van der Waals surface area contributed by atoms with Gasteiger partial charge in [-0.2, -0.15) is 0 Å². The van der Waals surface area contributed by atoms with Crippen LogP contribution in [0.25, 0.3) is 0 Å². The number of hydrogen-bond acceptors (Lipinski definition) is 17. The molecule has 3 aliphatic rings. The summed E-state index contributed by atoms with van der Waals surface area (Å²) in [6.07, 6.45) is -5.64. The number of carbonyl (C=O) groups is 7. The minimum absolute atomic E-state index is 0.0340. The number of methoxy groups -OCH3 is 1. The fraction of sp³-hybridized carbons (Fsp3) is 0.392. The molecule has 72 heavy (non-hydrogen) atoms. The molecule has 4 unspecified atom stereocenters. The number of phenolic OH excluding ortho intramolecular Hbond substituents is 2. The number of fused-ring (bicyclic) bond motifs is 3. The molecule has 1 aliphatic heterocycles. The third kappa shape index (κ3) is 11.3. The van der Waals surface area contributed by atoms with E-state index in [0.29, 0.717) is 37.0 Å². The van der Waals surface area contributed by atoms with Crippen molar-refractivity contribution in [3.8, 4) is 17.2 Å². The van der Waals surface area contributed by atoms with Crippen molar-refractivity contribution in [1.29, 1.82) is 0 Å². The maximum atomic E-state index is 14.0. The summed E-state index contributed by atoms with van der Waals surface area (Å²) < 4.78 is 23.0. The van der Waals surface area contributed by atoms with Gasteiger partial charge in [0.25, 0.3) is 0 Å². The highest BCUT2D eigenvalue weighted by molar-refractivity contribution is 6.31. The molecule has 0 bridgehead atoms. The molecule has 1 saturated heterocycles. The second-order valence-corrected chi connectivity index (χ2v) is 17.9. The van der Waals surface area contributed by atoms with Crippen LogP contribution in [-0.2, 0) is 52.8 Å². The van der Waals surface area contributed by atoms with Crippen molar-refractivity contribution in [3.05, 3.63) is 117 Å². The van der Waals surface area contributed by atoms with Gasteiger partial charge in [-0.1, -0.05) is 54.6 Å². The van der Waals surface area contributed by atoms with Gasteiger partial charge in [-0.3, -0.25) is 28.8 Å². The summed E-state index contributed by atoms with van der Waals surface area (Å²) in [7, 11) is 1.29. The summed E-state index contributed by atoms with van der Waals surface area (Å²) in [5.41, 5.74) is 3.05. The smallest absolute Gasteiger partial charge is 0.407 e. The first kappa shape index (κ1) is 52.6. The van der Waals surface area contributed by atoms with Gasteiger partial charge >= 0.3 is 6.09 Å². The lowest BCUT2D eigenvalue weighted by Gasteiger charge is -2.42. The number of aromatic hydroxyl groups is 2. The summed E-state index contributed by atoms with van der Waals surface area (Å²) in [6, 6.07) is 16.7. The normalized spacial score (nSPS) is 21.9. The second-order valence-electron chi connectivity index (χ2n) is 17.9. The van der Waals surface area contributed by atoms with Crippen LogP contribution < -0.4 is 31.7 Å². The number of nitrogens with one attached hydrogen (secondary N) is 4. The molecule has 1 fully saturated rings. The van der Waals surface area contributed by atoms with Gasteiger partial charge in [0.1, 0.15) is 54.3 Å². The van der Waals surface area contributed by atoms with Gasteiger partial charge in [-0.25, -0.2) is 4.79 Å². The van der Waals surface area contributed by atoms with Gasteiger partial charge in [0.05, 0.1) is 42.0 Å². The molecule has 2 aliphatic carbocycles. The Morgan fingerprint density at radius 2 is 1.62 bits per heavy atom. The number of nitrogens with two attached hydrogens (primary N) is 1. The van der Waals surface area contributed by atoms with Gasteiger partial charge in [0.15, 0.2) is 17.9 Å². The maximum absolute atomic E-state index is 14.0. The van der Waals surface area contributed by atoms with Gasteiger partial charge in [-0.05, 0) is 62.1 Å². The molecule has 0 radical (unpaired) electrons. The maximum Gasteiger partial charge on any atom is 0.407 e. The van der Waals surface area contributed by atoms with Gasteiger partial charge in [-0.15, -0.1) is 0 Å². The van der Waals surface area contributed by atoms with E-state index in [1.807, 2.05) is 30.3 Å². The molecular weight excluding hydrogens is 939 g/mol. The molecule has 0 spiro atoms. The summed E-state index contributed by atoms with van der Waals surface area (Å²) in [6.45, 7) is 0.509. The third-order valence-corrected chi connectivity index (χ3v) is 13.1. The van der Waals surface area contributed by atoms with Gasteiger partial charge in [0, 0.05) is 48.1 Å². The van der Waals surface area contributed by atoms with E-state index in [4.69, 9.17) is 24.7 Å². The Bertz CT molecular complexity index is 2700. The minimum atomic E-state index is -2.40. The van der Waals surface area contributed by atoms with Crippen molar-refractivity contribution in [2.45, 2.75) is 107 Å². The molecule has 11 N–H and O–H groups in total. The Balaban J connectivity index is 1.01. The molecule has 8 atom stereocenters. The molecule has 21 nitrogen and oxygen atoms in total. The Labute approximate surface area is 413 Å². The van der Waals surface area contributed by atoms with Crippen LogP contribution in [0.3, 0.4) is 0 Å². The zero-order chi connectivity index (χ0) is 51.9. The number of amides is 4. The van der Waals surface area contributed by atoms with Crippen molar-refractivity contribution >= 4 is 47.4 Å². The number of aliphatic hydroxyl groups is 3. The molecular formula is C51H57N5O16. The molecule has 4 aromatic rings. The number of unbranched alkanes of at least 4 members (excludes halogenated alkanes) is 1. The van der Waals surface area contributed by atoms with Crippen LogP contribution in [0, 0.1) is 0 Å². The number of anilines is 1. The lowest BCUT2D eigenvalue weighted by Crippen LogP contribution is -2.56. The summed E-state index contributed by atoms with van der Waals surface area (Å²) in [5, 5.41) is 66.7. The number of carbonyl (C=O) groups excluding carboxylic acids is 7. The van der Waals surface area contributed by atoms with Crippen molar-refractivity contribution in [1.82, 2.24) is 16.0 Å². The van der Waals surface area contributed by atoms with Crippen LogP contribution in [0.5, 0.6) is 17.2 Å². The number of phenols is 2.